The summed E-state index contributed by atoms with van der Waals surface area (Å²) < 4.78 is 2.21. The molecule has 9 aromatic carbocycles. The van der Waals surface area contributed by atoms with Gasteiger partial charge in [-0.15, -0.1) is 11.3 Å². The van der Waals surface area contributed by atoms with Gasteiger partial charge in [0, 0.05) is 26.1 Å². The fourth-order valence-electron chi connectivity index (χ4n) is 10.5. The van der Waals surface area contributed by atoms with Gasteiger partial charge in [-0.25, -0.2) is 19.8 Å². The standard InChI is InChI=1S/C59H34N4S/c1-60-41-31-32-53-49(35-41)47-26-14-27-48(55(47)64-53)58-62-56(36-15-3-2-4-16-36)61-57(63-58)40-20-12-18-38(34-40)37-17-11-19-39(33-37)42-24-13-25-46-45-23-7-10-30-52(45)59(54(42)46)50-28-8-5-21-43(50)44-22-6-9-29-51(44)59/h2-35H. The Morgan fingerprint density at radius 3 is 1.58 bits per heavy atom. The van der Waals surface area contributed by atoms with Crippen molar-refractivity contribution in [1.29, 1.82) is 0 Å². The molecule has 1 spiro atoms. The Balaban J connectivity index is 0.958. The minimum absolute atomic E-state index is 0.445. The van der Waals surface area contributed by atoms with Crippen molar-refractivity contribution in [3.8, 4) is 78.7 Å². The van der Waals surface area contributed by atoms with Crippen LogP contribution in [0.2, 0.25) is 0 Å². The molecular formula is C59H34N4S. The molecule has 0 fully saturated rings. The largest absolute Gasteiger partial charge is 0.238 e. The van der Waals surface area contributed by atoms with Gasteiger partial charge in [-0.2, -0.15) is 0 Å². The van der Waals surface area contributed by atoms with Gasteiger partial charge in [0.2, 0.25) is 0 Å². The molecule has 0 radical (unpaired) electrons. The van der Waals surface area contributed by atoms with Crippen LogP contribution >= 0.6 is 11.3 Å². The third-order valence-corrected chi connectivity index (χ3v) is 14.4. The van der Waals surface area contributed by atoms with Gasteiger partial charge >= 0.3 is 0 Å². The SMILES string of the molecule is [C-]#[N+]c1ccc2sc3c(-c4nc(-c5ccccc5)nc(-c5cccc(-c6cccc(-c7cccc8c7C7(c9ccccc9-c9ccccc97)c7ccccc7-8)c6)c5)n4)cccc3c2c1. The van der Waals surface area contributed by atoms with E-state index >= 15 is 0 Å². The van der Waals surface area contributed by atoms with Gasteiger partial charge in [0.1, 0.15) is 0 Å². The quantitative estimate of drug-likeness (QED) is 0.162. The second kappa shape index (κ2) is 14.1. The summed E-state index contributed by atoms with van der Waals surface area (Å²) in [7, 11) is 0. The first-order valence-electron chi connectivity index (χ1n) is 21.5. The number of hydrogen-bond donors (Lipinski definition) is 0. The van der Waals surface area contributed by atoms with E-state index in [-0.39, 0.29) is 0 Å². The summed E-state index contributed by atoms with van der Waals surface area (Å²) in [5, 5.41) is 2.16. The van der Waals surface area contributed by atoms with Crippen LogP contribution in [-0.2, 0) is 5.41 Å². The normalized spacial score (nSPS) is 12.8. The molecule has 64 heavy (non-hydrogen) atoms. The van der Waals surface area contributed by atoms with Crippen molar-refractivity contribution in [2.45, 2.75) is 5.41 Å². The van der Waals surface area contributed by atoms with Crippen LogP contribution in [0.4, 0.5) is 5.69 Å². The van der Waals surface area contributed by atoms with Crippen molar-refractivity contribution in [1.82, 2.24) is 15.0 Å². The molecule has 0 unspecified atom stereocenters. The van der Waals surface area contributed by atoms with Crippen LogP contribution in [0.3, 0.4) is 0 Å². The first kappa shape index (κ1) is 36.4. The third kappa shape index (κ3) is 5.30. The van der Waals surface area contributed by atoms with Gasteiger partial charge in [-0.3, -0.25) is 0 Å². The van der Waals surface area contributed by atoms with Gasteiger partial charge in [0.05, 0.1) is 12.0 Å². The second-order valence-corrected chi connectivity index (χ2v) is 17.6. The third-order valence-electron chi connectivity index (χ3n) is 13.2. The minimum atomic E-state index is -0.445. The molecule has 11 aromatic rings. The summed E-state index contributed by atoms with van der Waals surface area (Å²) in [5.41, 5.74) is 18.1. The molecule has 0 N–H and O–H groups in total. The zero-order valence-corrected chi connectivity index (χ0v) is 35.1. The number of nitrogens with zero attached hydrogens (tertiary/aromatic N) is 4. The Kier molecular flexibility index (Phi) is 8.02. The molecule has 2 aliphatic rings. The molecule has 296 valence electrons. The van der Waals surface area contributed by atoms with Gasteiger partial charge in [0.15, 0.2) is 23.2 Å². The van der Waals surface area contributed by atoms with E-state index in [1.165, 1.54) is 55.6 Å². The number of hydrogen-bond acceptors (Lipinski definition) is 4. The average Bonchev–Trinajstić information content (AvgIpc) is 4.00. The highest BCUT2D eigenvalue weighted by Gasteiger charge is 2.52. The summed E-state index contributed by atoms with van der Waals surface area (Å²) in [6.45, 7) is 7.61. The van der Waals surface area contributed by atoms with E-state index < -0.39 is 5.41 Å². The Bertz CT molecular complexity index is 3700. The summed E-state index contributed by atoms with van der Waals surface area (Å²) >= 11 is 1.70. The van der Waals surface area contributed by atoms with Gasteiger partial charge in [0.25, 0.3) is 0 Å². The lowest BCUT2D eigenvalue weighted by Gasteiger charge is -2.32. The van der Waals surface area contributed by atoms with Crippen LogP contribution in [0.25, 0.3) is 104 Å². The fourth-order valence-corrected chi connectivity index (χ4v) is 11.7. The molecule has 13 rings (SSSR count). The molecule has 0 aliphatic heterocycles. The smallest absolute Gasteiger partial charge is 0.187 e. The maximum atomic E-state index is 7.61. The van der Waals surface area contributed by atoms with Gasteiger partial charge in [-0.1, -0.05) is 182 Å². The van der Waals surface area contributed by atoms with E-state index in [0.29, 0.717) is 23.2 Å². The van der Waals surface area contributed by atoms with Crippen molar-refractivity contribution in [3.05, 3.63) is 240 Å². The minimum Gasteiger partial charge on any atom is -0.238 e. The first-order chi connectivity index (χ1) is 31.7. The second-order valence-electron chi connectivity index (χ2n) is 16.5. The van der Waals surface area contributed by atoms with E-state index in [2.05, 4.69) is 163 Å². The van der Waals surface area contributed by atoms with Crippen LogP contribution in [0.1, 0.15) is 22.3 Å². The van der Waals surface area contributed by atoms with E-state index in [0.717, 1.165) is 48.0 Å². The van der Waals surface area contributed by atoms with Crippen LogP contribution < -0.4 is 0 Å². The number of thiophene rings is 1. The van der Waals surface area contributed by atoms with Crippen molar-refractivity contribution >= 4 is 37.2 Å². The Hall–Kier alpha value is -8.30. The molecule has 0 saturated heterocycles. The lowest BCUT2D eigenvalue weighted by Crippen LogP contribution is -2.26. The molecule has 0 bridgehead atoms. The van der Waals surface area contributed by atoms with Gasteiger partial charge in [-0.05, 0) is 102 Å². The highest BCUT2D eigenvalue weighted by Crippen LogP contribution is 2.64. The van der Waals surface area contributed by atoms with Crippen molar-refractivity contribution in [2.75, 3.05) is 0 Å². The van der Waals surface area contributed by atoms with Crippen molar-refractivity contribution in [2.24, 2.45) is 0 Å². The summed E-state index contributed by atoms with van der Waals surface area (Å²) in [6, 6.07) is 73.7. The van der Waals surface area contributed by atoms with Crippen LogP contribution in [-0.4, -0.2) is 15.0 Å². The summed E-state index contributed by atoms with van der Waals surface area (Å²) in [6.07, 6.45) is 0. The Labute approximate surface area is 374 Å². The molecule has 0 saturated carbocycles. The van der Waals surface area contributed by atoms with Crippen LogP contribution in [0.5, 0.6) is 0 Å². The molecular weight excluding hydrogens is 797 g/mol. The Morgan fingerprint density at radius 2 is 0.875 bits per heavy atom. The molecule has 0 atom stereocenters. The molecule has 2 heterocycles. The monoisotopic (exact) mass is 830 g/mol. The number of aromatic nitrogens is 3. The number of rotatable bonds is 5. The fraction of sp³-hybridized carbons (Fsp3) is 0.0169. The molecule has 4 nitrogen and oxygen atoms in total. The van der Waals surface area contributed by atoms with E-state index in [1.54, 1.807) is 11.3 Å². The van der Waals surface area contributed by atoms with Crippen LogP contribution in [0.15, 0.2) is 206 Å². The van der Waals surface area contributed by atoms with E-state index in [4.69, 9.17) is 21.5 Å². The van der Waals surface area contributed by atoms with Crippen molar-refractivity contribution < 1.29 is 0 Å². The zero-order valence-electron chi connectivity index (χ0n) is 34.3. The lowest BCUT2D eigenvalue weighted by molar-refractivity contribution is 0.796. The predicted octanol–water partition coefficient (Wildman–Crippen LogP) is 15.5. The lowest BCUT2D eigenvalue weighted by atomic mass is 9.68. The summed E-state index contributed by atoms with van der Waals surface area (Å²) in [5.74, 6) is 1.83. The van der Waals surface area contributed by atoms with Gasteiger partial charge < -0.3 is 0 Å². The van der Waals surface area contributed by atoms with Crippen molar-refractivity contribution in [3.63, 3.8) is 0 Å². The summed E-state index contributed by atoms with van der Waals surface area (Å²) in [4.78, 5) is 19.2. The first-order valence-corrected chi connectivity index (χ1v) is 22.3. The van der Waals surface area contributed by atoms with E-state index in [9.17, 15) is 0 Å². The number of fused-ring (bicyclic) bond motifs is 13. The maximum absolute atomic E-state index is 7.61. The molecule has 2 aromatic heterocycles. The topological polar surface area (TPSA) is 43.0 Å². The maximum Gasteiger partial charge on any atom is 0.187 e. The molecule has 0 amide bonds. The van der Waals surface area contributed by atoms with E-state index in [1.807, 2.05) is 48.5 Å². The Morgan fingerprint density at radius 1 is 0.375 bits per heavy atom. The predicted molar refractivity (Wildman–Crippen MR) is 262 cm³/mol. The molecule has 5 heteroatoms. The highest BCUT2D eigenvalue weighted by molar-refractivity contribution is 7.26. The molecule has 2 aliphatic carbocycles. The number of benzene rings is 9. The average molecular weight is 831 g/mol. The van der Waals surface area contributed by atoms with Crippen LogP contribution in [0, 0.1) is 6.57 Å². The highest BCUT2D eigenvalue weighted by atomic mass is 32.1. The zero-order chi connectivity index (χ0) is 42.4.